The molecule has 138 valence electrons. The van der Waals surface area contributed by atoms with Crippen LogP contribution in [-0.4, -0.2) is 48.1 Å². The average Bonchev–Trinajstić information content (AvgIpc) is 2.62. The molecule has 2 aliphatic rings. The number of carbonyl (C=O) groups is 1. The molecule has 0 aromatic carbocycles. The molecule has 0 saturated carbocycles. The van der Waals surface area contributed by atoms with E-state index in [-0.39, 0.29) is 11.9 Å². The lowest BCUT2D eigenvalue weighted by molar-refractivity contribution is -0.121. The van der Waals surface area contributed by atoms with Gasteiger partial charge in [0, 0.05) is 44.7 Å². The fraction of sp³-hybridized carbons (Fsp3) is 0.737. The fourth-order valence-electron chi connectivity index (χ4n) is 3.91. The zero-order chi connectivity index (χ0) is 17.6. The first kappa shape index (κ1) is 18.0. The number of piperidine rings is 2. The van der Waals surface area contributed by atoms with Crippen molar-refractivity contribution in [3.05, 3.63) is 12.4 Å². The first-order chi connectivity index (χ1) is 12.2. The van der Waals surface area contributed by atoms with Crippen LogP contribution in [0.4, 0.5) is 11.6 Å². The monoisotopic (exact) mass is 345 g/mol. The minimum Gasteiger partial charge on any atom is -0.356 e. The molecule has 2 fully saturated rings. The van der Waals surface area contributed by atoms with Gasteiger partial charge in [0.15, 0.2) is 0 Å². The van der Waals surface area contributed by atoms with E-state index in [4.69, 9.17) is 0 Å². The Balaban J connectivity index is 1.64. The molecule has 1 aromatic heterocycles. The largest absolute Gasteiger partial charge is 0.356 e. The molecule has 25 heavy (non-hydrogen) atoms. The third-order valence-corrected chi connectivity index (χ3v) is 5.21. The summed E-state index contributed by atoms with van der Waals surface area (Å²) in [4.78, 5) is 25.6. The molecule has 1 N–H and O–H groups in total. The van der Waals surface area contributed by atoms with E-state index in [1.54, 1.807) is 6.33 Å². The highest BCUT2D eigenvalue weighted by Gasteiger charge is 2.24. The first-order valence-electron chi connectivity index (χ1n) is 9.77. The van der Waals surface area contributed by atoms with Crippen molar-refractivity contribution in [2.45, 2.75) is 58.4 Å². The van der Waals surface area contributed by atoms with Crippen molar-refractivity contribution in [1.82, 2.24) is 15.3 Å². The number of nitrogens with one attached hydrogen (secondary N) is 1. The van der Waals surface area contributed by atoms with Crippen molar-refractivity contribution in [2.24, 2.45) is 5.92 Å². The van der Waals surface area contributed by atoms with Gasteiger partial charge in [0.1, 0.15) is 18.0 Å². The second-order valence-electron chi connectivity index (χ2n) is 7.53. The summed E-state index contributed by atoms with van der Waals surface area (Å²) in [5, 5.41) is 3.17. The molecule has 6 heteroatoms. The SMILES string of the molecule is CCCC(=O)NC1CCCN(c2cc(N3CCCC(C)C3)ncn2)C1. The zero-order valence-electron chi connectivity index (χ0n) is 15.6. The smallest absolute Gasteiger partial charge is 0.220 e. The number of nitrogens with zero attached hydrogens (tertiary/aromatic N) is 4. The average molecular weight is 345 g/mol. The molecule has 2 saturated heterocycles. The number of carbonyl (C=O) groups excluding carboxylic acids is 1. The van der Waals surface area contributed by atoms with Crippen molar-refractivity contribution < 1.29 is 4.79 Å². The minimum absolute atomic E-state index is 0.167. The van der Waals surface area contributed by atoms with Crippen LogP contribution in [0, 0.1) is 5.92 Å². The van der Waals surface area contributed by atoms with Crippen LogP contribution in [-0.2, 0) is 4.79 Å². The highest BCUT2D eigenvalue weighted by molar-refractivity contribution is 5.76. The molecule has 1 amide bonds. The lowest BCUT2D eigenvalue weighted by Gasteiger charge is -2.35. The van der Waals surface area contributed by atoms with Gasteiger partial charge in [0.25, 0.3) is 0 Å². The Kier molecular flexibility index (Phi) is 6.10. The van der Waals surface area contributed by atoms with Crippen LogP contribution in [0.5, 0.6) is 0 Å². The number of rotatable bonds is 5. The molecule has 6 nitrogen and oxygen atoms in total. The molecular weight excluding hydrogens is 314 g/mol. The van der Waals surface area contributed by atoms with E-state index in [9.17, 15) is 4.79 Å². The van der Waals surface area contributed by atoms with Gasteiger partial charge in [0.2, 0.25) is 5.91 Å². The molecule has 3 heterocycles. The second kappa shape index (κ2) is 8.50. The summed E-state index contributed by atoms with van der Waals surface area (Å²) in [5.74, 6) is 2.91. The topological polar surface area (TPSA) is 61.4 Å². The second-order valence-corrected chi connectivity index (χ2v) is 7.53. The Morgan fingerprint density at radius 3 is 2.52 bits per heavy atom. The molecule has 0 bridgehead atoms. The molecule has 1 aromatic rings. The Labute approximate surface area is 151 Å². The van der Waals surface area contributed by atoms with E-state index < -0.39 is 0 Å². The molecule has 2 atom stereocenters. The van der Waals surface area contributed by atoms with E-state index in [0.29, 0.717) is 6.42 Å². The molecule has 0 radical (unpaired) electrons. The third kappa shape index (κ3) is 4.83. The summed E-state index contributed by atoms with van der Waals surface area (Å²) in [5.41, 5.74) is 0. The predicted molar refractivity (Wildman–Crippen MR) is 101 cm³/mol. The summed E-state index contributed by atoms with van der Waals surface area (Å²) in [7, 11) is 0. The van der Waals surface area contributed by atoms with Crippen molar-refractivity contribution >= 4 is 17.5 Å². The third-order valence-electron chi connectivity index (χ3n) is 5.21. The quantitative estimate of drug-likeness (QED) is 0.889. The molecule has 3 rings (SSSR count). The molecule has 0 aliphatic carbocycles. The van der Waals surface area contributed by atoms with Crippen LogP contribution >= 0.6 is 0 Å². The maximum absolute atomic E-state index is 11.9. The predicted octanol–water partition coefficient (Wildman–Crippen LogP) is 2.60. The number of aromatic nitrogens is 2. The summed E-state index contributed by atoms with van der Waals surface area (Å²) >= 11 is 0. The Hall–Kier alpha value is -1.85. The van der Waals surface area contributed by atoms with Gasteiger partial charge >= 0.3 is 0 Å². The summed E-state index contributed by atoms with van der Waals surface area (Å²) in [6.07, 6.45) is 7.86. The number of hydrogen-bond acceptors (Lipinski definition) is 5. The van der Waals surface area contributed by atoms with E-state index >= 15 is 0 Å². The highest BCUT2D eigenvalue weighted by Crippen LogP contribution is 2.25. The zero-order valence-corrected chi connectivity index (χ0v) is 15.6. The standard InChI is InChI=1S/C19H31N5O/c1-3-6-19(25)22-16-8-5-10-24(13-16)18-11-17(20-14-21-18)23-9-4-7-15(2)12-23/h11,14-16H,3-10,12-13H2,1-2H3,(H,22,25). The van der Waals surface area contributed by atoms with Crippen LogP contribution in [0.25, 0.3) is 0 Å². The fourth-order valence-corrected chi connectivity index (χ4v) is 3.91. The number of amides is 1. The van der Waals surface area contributed by atoms with Crippen LogP contribution in [0.3, 0.4) is 0 Å². The van der Waals surface area contributed by atoms with Gasteiger partial charge in [-0.1, -0.05) is 13.8 Å². The maximum atomic E-state index is 11.9. The van der Waals surface area contributed by atoms with Gasteiger partial charge in [-0.15, -0.1) is 0 Å². The van der Waals surface area contributed by atoms with Gasteiger partial charge in [-0.25, -0.2) is 9.97 Å². The van der Waals surface area contributed by atoms with Crippen LogP contribution < -0.4 is 15.1 Å². The molecule has 2 unspecified atom stereocenters. The van der Waals surface area contributed by atoms with Gasteiger partial charge < -0.3 is 15.1 Å². The minimum atomic E-state index is 0.167. The maximum Gasteiger partial charge on any atom is 0.220 e. The van der Waals surface area contributed by atoms with Crippen molar-refractivity contribution in [1.29, 1.82) is 0 Å². The van der Waals surface area contributed by atoms with Crippen molar-refractivity contribution in [3.8, 4) is 0 Å². The van der Waals surface area contributed by atoms with E-state index in [2.05, 4.69) is 38.1 Å². The van der Waals surface area contributed by atoms with Crippen LogP contribution in [0.15, 0.2) is 12.4 Å². The lowest BCUT2D eigenvalue weighted by atomic mass is 10.0. The van der Waals surface area contributed by atoms with Crippen LogP contribution in [0.1, 0.15) is 52.4 Å². The molecular formula is C19H31N5O. The van der Waals surface area contributed by atoms with Gasteiger partial charge in [0.05, 0.1) is 0 Å². The Bertz CT molecular complexity index is 579. The van der Waals surface area contributed by atoms with Crippen LogP contribution in [0.2, 0.25) is 0 Å². The summed E-state index contributed by atoms with van der Waals surface area (Å²) in [6.45, 7) is 8.33. The van der Waals surface area contributed by atoms with Gasteiger partial charge in [-0.05, 0) is 38.0 Å². The molecule has 2 aliphatic heterocycles. The number of hydrogen-bond donors (Lipinski definition) is 1. The van der Waals surface area contributed by atoms with Gasteiger partial charge in [-0.2, -0.15) is 0 Å². The van der Waals surface area contributed by atoms with Crippen molar-refractivity contribution in [2.75, 3.05) is 36.0 Å². The summed E-state index contributed by atoms with van der Waals surface area (Å²) < 4.78 is 0. The Morgan fingerprint density at radius 1 is 1.16 bits per heavy atom. The normalized spacial score (nSPS) is 24.2. The van der Waals surface area contributed by atoms with Crippen molar-refractivity contribution in [3.63, 3.8) is 0 Å². The lowest BCUT2D eigenvalue weighted by Crippen LogP contribution is -2.48. The van der Waals surface area contributed by atoms with E-state index in [1.165, 1.54) is 12.8 Å². The number of anilines is 2. The van der Waals surface area contributed by atoms with E-state index in [0.717, 1.165) is 63.0 Å². The van der Waals surface area contributed by atoms with Gasteiger partial charge in [-0.3, -0.25) is 4.79 Å². The first-order valence-corrected chi connectivity index (χ1v) is 9.77. The summed E-state index contributed by atoms with van der Waals surface area (Å²) in [6, 6.07) is 2.34. The Morgan fingerprint density at radius 2 is 1.84 bits per heavy atom. The molecule has 0 spiro atoms. The highest BCUT2D eigenvalue weighted by atomic mass is 16.1. The van der Waals surface area contributed by atoms with E-state index in [1.807, 2.05) is 6.92 Å².